The fraction of sp³-hybridized carbons (Fsp3) is 0.941. The summed E-state index contributed by atoms with van der Waals surface area (Å²) in [5.41, 5.74) is -0.0852. The van der Waals surface area contributed by atoms with Gasteiger partial charge in [-0.15, -0.1) is 0 Å². The molecule has 0 bridgehead atoms. The van der Waals surface area contributed by atoms with E-state index in [0.717, 1.165) is 19.5 Å². The van der Waals surface area contributed by atoms with E-state index < -0.39 is 5.97 Å². The van der Waals surface area contributed by atoms with Crippen molar-refractivity contribution in [3.8, 4) is 0 Å². The van der Waals surface area contributed by atoms with Gasteiger partial charge in [-0.2, -0.15) is 0 Å². The van der Waals surface area contributed by atoms with Crippen LogP contribution in [0.4, 0.5) is 0 Å². The number of nitrogens with zero attached hydrogens (tertiary/aromatic N) is 1. The molecule has 0 amide bonds. The highest BCUT2D eigenvalue weighted by Crippen LogP contribution is 2.47. The minimum Gasteiger partial charge on any atom is -0.481 e. The van der Waals surface area contributed by atoms with Crippen molar-refractivity contribution in [2.24, 2.45) is 17.8 Å². The van der Waals surface area contributed by atoms with Crippen LogP contribution in [-0.2, 0) is 4.79 Å². The molecule has 1 heterocycles. The summed E-state index contributed by atoms with van der Waals surface area (Å²) in [7, 11) is 0. The fourth-order valence-electron chi connectivity index (χ4n) is 4.82. The van der Waals surface area contributed by atoms with E-state index in [0.29, 0.717) is 24.2 Å². The summed E-state index contributed by atoms with van der Waals surface area (Å²) in [6.07, 6.45) is 7.64. The molecule has 0 aromatic rings. The van der Waals surface area contributed by atoms with Crippen LogP contribution < -0.4 is 0 Å². The van der Waals surface area contributed by atoms with E-state index in [1.54, 1.807) is 0 Å². The largest absolute Gasteiger partial charge is 0.481 e. The molecule has 1 aliphatic heterocycles. The van der Waals surface area contributed by atoms with Crippen LogP contribution in [0.2, 0.25) is 0 Å². The van der Waals surface area contributed by atoms with Crippen LogP contribution in [-0.4, -0.2) is 34.6 Å². The molecule has 0 spiro atoms. The van der Waals surface area contributed by atoms with Crippen LogP contribution >= 0.6 is 0 Å². The molecule has 3 nitrogen and oxygen atoms in total. The molecule has 3 unspecified atom stereocenters. The second kappa shape index (κ2) is 6.46. The number of hydrogen-bond donors (Lipinski definition) is 1. The summed E-state index contributed by atoms with van der Waals surface area (Å²) < 4.78 is 0. The van der Waals surface area contributed by atoms with Crippen LogP contribution in [0.15, 0.2) is 0 Å². The lowest BCUT2D eigenvalue weighted by Crippen LogP contribution is -2.60. The van der Waals surface area contributed by atoms with Crippen LogP contribution in [0, 0.1) is 17.8 Å². The second-order valence-electron chi connectivity index (χ2n) is 7.46. The Bertz CT molecular complexity index is 336. The molecule has 3 atom stereocenters. The van der Waals surface area contributed by atoms with Gasteiger partial charge in [-0.25, -0.2) is 0 Å². The van der Waals surface area contributed by atoms with Crippen LogP contribution in [0.3, 0.4) is 0 Å². The number of hydrogen-bond acceptors (Lipinski definition) is 2. The SMILES string of the molecule is CC1CCC(C(C)C)C(CC(=O)O)(N2CCCCC2)C1. The normalized spacial score (nSPS) is 36.2. The van der Waals surface area contributed by atoms with E-state index in [1.807, 2.05) is 0 Å². The monoisotopic (exact) mass is 281 g/mol. The Morgan fingerprint density at radius 3 is 2.45 bits per heavy atom. The van der Waals surface area contributed by atoms with Gasteiger partial charge in [0.25, 0.3) is 0 Å². The number of piperidine rings is 1. The molecule has 2 fully saturated rings. The highest BCUT2D eigenvalue weighted by atomic mass is 16.4. The third-order valence-electron chi connectivity index (χ3n) is 5.61. The standard InChI is InChI=1S/C17H31NO2/c1-13(2)15-8-7-14(3)11-17(15,12-16(19)20)18-9-5-4-6-10-18/h13-15H,4-12H2,1-3H3,(H,19,20). The first kappa shape index (κ1) is 15.8. The van der Waals surface area contributed by atoms with Crippen molar-refractivity contribution < 1.29 is 9.90 Å². The van der Waals surface area contributed by atoms with Gasteiger partial charge in [0.2, 0.25) is 0 Å². The Morgan fingerprint density at radius 1 is 1.25 bits per heavy atom. The summed E-state index contributed by atoms with van der Waals surface area (Å²) in [4.78, 5) is 14.1. The Kier molecular flexibility index (Phi) is 5.11. The van der Waals surface area contributed by atoms with E-state index >= 15 is 0 Å². The predicted octanol–water partition coefficient (Wildman–Crippen LogP) is 3.78. The van der Waals surface area contributed by atoms with E-state index in [1.165, 1.54) is 32.1 Å². The van der Waals surface area contributed by atoms with Gasteiger partial charge >= 0.3 is 5.97 Å². The zero-order valence-electron chi connectivity index (χ0n) is 13.4. The van der Waals surface area contributed by atoms with E-state index in [9.17, 15) is 9.90 Å². The number of likely N-dealkylation sites (tertiary alicyclic amines) is 1. The quantitative estimate of drug-likeness (QED) is 0.852. The van der Waals surface area contributed by atoms with Gasteiger partial charge in [0.15, 0.2) is 0 Å². The lowest BCUT2D eigenvalue weighted by Gasteiger charge is -2.55. The zero-order valence-corrected chi connectivity index (χ0v) is 13.4. The van der Waals surface area contributed by atoms with Crippen molar-refractivity contribution in [2.75, 3.05) is 13.1 Å². The molecule has 3 heteroatoms. The minimum absolute atomic E-state index is 0.0852. The number of carbonyl (C=O) groups is 1. The second-order valence-corrected chi connectivity index (χ2v) is 7.46. The highest BCUT2D eigenvalue weighted by molar-refractivity contribution is 5.68. The Hall–Kier alpha value is -0.570. The van der Waals surface area contributed by atoms with Gasteiger partial charge in [-0.05, 0) is 56.5 Å². The Morgan fingerprint density at radius 2 is 1.90 bits per heavy atom. The lowest BCUT2D eigenvalue weighted by atomic mass is 9.62. The third-order valence-corrected chi connectivity index (χ3v) is 5.61. The van der Waals surface area contributed by atoms with Gasteiger partial charge in [-0.1, -0.05) is 33.6 Å². The third kappa shape index (κ3) is 3.19. The van der Waals surface area contributed by atoms with Gasteiger partial charge in [0, 0.05) is 5.54 Å². The van der Waals surface area contributed by atoms with Crippen molar-refractivity contribution >= 4 is 5.97 Å². The number of rotatable bonds is 4. The lowest BCUT2D eigenvalue weighted by molar-refractivity contribution is -0.145. The summed E-state index contributed by atoms with van der Waals surface area (Å²) in [6.45, 7) is 9.06. The molecular formula is C17H31NO2. The maximum atomic E-state index is 11.6. The number of carboxylic acid groups (broad SMARTS) is 1. The molecular weight excluding hydrogens is 250 g/mol. The van der Waals surface area contributed by atoms with Gasteiger partial charge in [-0.3, -0.25) is 9.69 Å². The van der Waals surface area contributed by atoms with Gasteiger partial charge < -0.3 is 5.11 Å². The van der Waals surface area contributed by atoms with Gasteiger partial charge in [0.1, 0.15) is 0 Å². The van der Waals surface area contributed by atoms with Crippen LogP contribution in [0.25, 0.3) is 0 Å². The Labute approximate surface area is 123 Å². The van der Waals surface area contributed by atoms with Crippen molar-refractivity contribution in [3.05, 3.63) is 0 Å². The van der Waals surface area contributed by atoms with E-state index in [-0.39, 0.29) is 5.54 Å². The molecule has 20 heavy (non-hydrogen) atoms. The minimum atomic E-state index is -0.615. The zero-order chi connectivity index (χ0) is 14.8. The molecule has 116 valence electrons. The Balaban J connectivity index is 2.31. The first-order valence-electron chi connectivity index (χ1n) is 8.42. The fourth-order valence-corrected chi connectivity index (χ4v) is 4.82. The molecule has 2 aliphatic rings. The van der Waals surface area contributed by atoms with Crippen LogP contribution in [0.1, 0.15) is 65.7 Å². The molecule has 0 aromatic carbocycles. The average molecular weight is 281 g/mol. The number of aliphatic carboxylic acids is 1. The predicted molar refractivity (Wildman–Crippen MR) is 81.8 cm³/mol. The first-order chi connectivity index (χ1) is 9.45. The smallest absolute Gasteiger partial charge is 0.305 e. The molecule has 1 saturated carbocycles. The van der Waals surface area contributed by atoms with E-state index in [2.05, 4.69) is 25.7 Å². The summed E-state index contributed by atoms with van der Waals surface area (Å²) in [6, 6.07) is 0. The first-order valence-corrected chi connectivity index (χ1v) is 8.42. The average Bonchev–Trinajstić information content (AvgIpc) is 2.38. The molecule has 2 rings (SSSR count). The maximum Gasteiger partial charge on any atom is 0.305 e. The topological polar surface area (TPSA) is 40.5 Å². The molecule has 1 saturated heterocycles. The highest BCUT2D eigenvalue weighted by Gasteiger charge is 2.49. The molecule has 1 aliphatic carbocycles. The summed E-state index contributed by atoms with van der Waals surface area (Å²) in [5, 5.41) is 9.52. The van der Waals surface area contributed by atoms with Gasteiger partial charge in [0.05, 0.1) is 6.42 Å². The van der Waals surface area contributed by atoms with Crippen molar-refractivity contribution in [2.45, 2.75) is 71.3 Å². The molecule has 0 aromatic heterocycles. The number of carboxylic acids is 1. The van der Waals surface area contributed by atoms with Crippen molar-refractivity contribution in [3.63, 3.8) is 0 Å². The summed E-state index contributed by atoms with van der Waals surface area (Å²) in [5.74, 6) is 1.15. The summed E-state index contributed by atoms with van der Waals surface area (Å²) >= 11 is 0. The van der Waals surface area contributed by atoms with Crippen molar-refractivity contribution in [1.29, 1.82) is 0 Å². The maximum absolute atomic E-state index is 11.6. The van der Waals surface area contributed by atoms with Crippen molar-refractivity contribution in [1.82, 2.24) is 4.90 Å². The van der Waals surface area contributed by atoms with E-state index in [4.69, 9.17) is 0 Å². The molecule has 0 radical (unpaired) electrons. The molecule has 1 N–H and O–H groups in total. The van der Waals surface area contributed by atoms with Crippen LogP contribution in [0.5, 0.6) is 0 Å².